The van der Waals surface area contributed by atoms with Crippen molar-refractivity contribution in [3.05, 3.63) is 65.2 Å². The minimum Gasteiger partial charge on any atom is -0.478 e. The van der Waals surface area contributed by atoms with Crippen LogP contribution < -0.4 is 5.73 Å². The number of carboxylic acids is 1. The first kappa shape index (κ1) is 13.8. The van der Waals surface area contributed by atoms with Crippen LogP contribution in [0.25, 0.3) is 0 Å². The summed E-state index contributed by atoms with van der Waals surface area (Å²) in [4.78, 5) is 10.3. The molecule has 3 nitrogen and oxygen atoms in total. The summed E-state index contributed by atoms with van der Waals surface area (Å²) in [5.74, 6) is -0.875. The Morgan fingerprint density at radius 1 is 1.00 bits per heavy atom. The maximum atomic E-state index is 10.3. The summed E-state index contributed by atoms with van der Waals surface area (Å²) in [6.07, 6.45) is 0. The van der Waals surface area contributed by atoms with Crippen LogP contribution >= 0.6 is 0 Å². The van der Waals surface area contributed by atoms with Gasteiger partial charge < -0.3 is 10.8 Å². The maximum Gasteiger partial charge on any atom is 0.335 e. The topological polar surface area (TPSA) is 63.3 Å². The summed E-state index contributed by atoms with van der Waals surface area (Å²) in [6, 6.07) is 14.6. The van der Waals surface area contributed by atoms with E-state index in [-0.39, 0.29) is 0 Å². The average Bonchev–Trinajstić information content (AvgIpc) is 2.30. The van der Waals surface area contributed by atoms with Crippen molar-refractivity contribution in [3.8, 4) is 0 Å². The lowest BCUT2D eigenvalue weighted by Gasteiger charge is -1.92. The molecule has 0 unspecified atom stereocenters. The minimum atomic E-state index is -0.875. The predicted molar refractivity (Wildman–Crippen MR) is 73.7 cm³/mol. The molecule has 0 fully saturated rings. The molecule has 3 N–H and O–H groups in total. The van der Waals surface area contributed by atoms with Gasteiger partial charge in [0, 0.05) is 5.69 Å². The van der Waals surface area contributed by atoms with Gasteiger partial charge in [-0.3, -0.25) is 0 Å². The van der Waals surface area contributed by atoms with E-state index in [1.165, 1.54) is 5.56 Å². The van der Waals surface area contributed by atoms with Crippen LogP contribution in [0.1, 0.15) is 21.5 Å². The molecule has 0 saturated carbocycles. The fourth-order valence-corrected chi connectivity index (χ4v) is 1.37. The van der Waals surface area contributed by atoms with Gasteiger partial charge in [0.1, 0.15) is 0 Å². The van der Waals surface area contributed by atoms with Gasteiger partial charge in [-0.15, -0.1) is 0 Å². The molecule has 0 atom stereocenters. The highest BCUT2D eigenvalue weighted by Crippen LogP contribution is 2.03. The number of hydrogen-bond donors (Lipinski definition) is 2. The lowest BCUT2D eigenvalue weighted by atomic mass is 10.2. The number of carbonyl (C=O) groups is 1. The molecule has 2 aromatic carbocycles. The van der Waals surface area contributed by atoms with E-state index < -0.39 is 5.97 Å². The quantitative estimate of drug-likeness (QED) is 0.755. The average molecular weight is 243 g/mol. The maximum absolute atomic E-state index is 10.3. The number of nitrogen functional groups attached to an aromatic ring is 1. The third-order valence-electron chi connectivity index (χ3n) is 2.34. The summed E-state index contributed by atoms with van der Waals surface area (Å²) < 4.78 is 0. The number of carboxylic acid groups (broad SMARTS) is 1. The van der Waals surface area contributed by atoms with Gasteiger partial charge in [0.2, 0.25) is 0 Å². The molecule has 0 amide bonds. The standard InChI is InChI=1S/C8H8O2.C7H9N/c1-6-2-4-7(5-3-6)8(9)10;1-6-3-2-4-7(8)5-6/h2-5H,1H3,(H,9,10);2-5H,8H2,1H3. The normalized spacial score (nSPS) is 9.22. The van der Waals surface area contributed by atoms with Crippen molar-refractivity contribution < 1.29 is 9.90 Å². The van der Waals surface area contributed by atoms with E-state index in [1.807, 2.05) is 38.1 Å². The van der Waals surface area contributed by atoms with Gasteiger partial charge >= 0.3 is 5.97 Å². The van der Waals surface area contributed by atoms with Gasteiger partial charge in [-0.05, 0) is 43.7 Å². The van der Waals surface area contributed by atoms with Crippen molar-refractivity contribution in [3.63, 3.8) is 0 Å². The first-order valence-corrected chi connectivity index (χ1v) is 5.61. The molecule has 2 rings (SSSR count). The molecule has 0 aliphatic rings. The highest BCUT2D eigenvalue weighted by molar-refractivity contribution is 5.87. The van der Waals surface area contributed by atoms with Gasteiger partial charge in [0.25, 0.3) is 0 Å². The van der Waals surface area contributed by atoms with Gasteiger partial charge in [-0.1, -0.05) is 29.8 Å². The number of hydrogen-bond acceptors (Lipinski definition) is 2. The van der Waals surface area contributed by atoms with Crippen LogP contribution in [-0.2, 0) is 0 Å². The van der Waals surface area contributed by atoms with Gasteiger partial charge in [0.05, 0.1) is 5.56 Å². The van der Waals surface area contributed by atoms with Crippen molar-refractivity contribution in [2.45, 2.75) is 13.8 Å². The summed E-state index contributed by atoms with van der Waals surface area (Å²) in [5, 5.41) is 8.48. The molecule has 94 valence electrons. The summed E-state index contributed by atoms with van der Waals surface area (Å²) >= 11 is 0. The van der Waals surface area contributed by atoms with E-state index in [9.17, 15) is 4.79 Å². The zero-order valence-electron chi connectivity index (χ0n) is 10.6. The van der Waals surface area contributed by atoms with Crippen molar-refractivity contribution in [2.24, 2.45) is 0 Å². The summed E-state index contributed by atoms with van der Waals surface area (Å²) in [5.41, 5.74) is 8.92. The number of anilines is 1. The first-order chi connectivity index (χ1) is 8.49. The van der Waals surface area contributed by atoms with Gasteiger partial charge in [-0.25, -0.2) is 4.79 Å². The van der Waals surface area contributed by atoms with Gasteiger partial charge in [-0.2, -0.15) is 0 Å². The molecule has 2 aromatic rings. The van der Waals surface area contributed by atoms with Crippen molar-refractivity contribution in [2.75, 3.05) is 5.73 Å². The molecule has 0 heterocycles. The smallest absolute Gasteiger partial charge is 0.335 e. The Hall–Kier alpha value is -2.29. The second-order valence-corrected chi connectivity index (χ2v) is 4.09. The highest BCUT2D eigenvalue weighted by atomic mass is 16.4. The van der Waals surface area contributed by atoms with Crippen LogP contribution in [0.5, 0.6) is 0 Å². The molecule has 0 aliphatic carbocycles. The molecular weight excluding hydrogens is 226 g/mol. The first-order valence-electron chi connectivity index (χ1n) is 5.61. The highest BCUT2D eigenvalue weighted by Gasteiger charge is 1.98. The molecule has 0 aromatic heterocycles. The Bertz CT molecular complexity index is 501. The minimum absolute atomic E-state index is 0.339. The van der Waals surface area contributed by atoms with E-state index in [2.05, 4.69) is 0 Å². The third-order valence-corrected chi connectivity index (χ3v) is 2.34. The van der Waals surface area contributed by atoms with E-state index in [4.69, 9.17) is 10.8 Å². The predicted octanol–water partition coefficient (Wildman–Crippen LogP) is 3.27. The lowest BCUT2D eigenvalue weighted by molar-refractivity contribution is 0.0697. The molecule has 0 bridgehead atoms. The van der Waals surface area contributed by atoms with E-state index >= 15 is 0 Å². The molecule has 0 aliphatic heterocycles. The SMILES string of the molecule is Cc1ccc(C(=O)O)cc1.Cc1cccc(N)c1. The molecule has 18 heavy (non-hydrogen) atoms. The monoisotopic (exact) mass is 243 g/mol. The number of aryl methyl sites for hydroxylation is 2. The lowest BCUT2D eigenvalue weighted by Crippen LogP contribution is -1.94. The molecule has 3 heteroatoms. The van der Waals surface area contributed by atoms with Crippen molar-refractivity contribution >= 4 is 11.7 Å². The molecule has 0 radical (unpaired) electrons. The van der Waals surface area contributed by atoms with Crippen LogP contribution in [0.15, 0.2) is 48.5 Å². The van der Waals surface area contributed by atoms with Crippen molar-refractivity contribution in [1.82, 2.24) is 0 Å². The summed E-state index contributed by atoms with van der Waals surface area (Å²) in [7, 11) is 0. The molecule has 0 spiro atoms. The number of rotatable bonds is 1. The number of aromatic carboxylic acids is 1. The van der Waals surface area contributed by atoms with Gasteiger partial charge in [0.15, 0.2) is 0 Å². The Morgan fingerprint density at radius 2 is 1.61 bits per heavy atom. The van der Waals surface area contributed by atoms with Crippen molar-refractivity contribution in [1.29, 1.82) is 0 Å². The van der Waals surface area contributed by atoms with Crippen LogP contribution in [0.2, 0.25) is 0 Å². The number of nitrogens with two attached hydrogens (primary N) is 1. The fourth-order valence-electron chi connectivity index (χ4n) is 1.37. The van der Waals surface area contributed by atoms with Crippen LogP contribution in [0, 0.1) is 13.8 Å². The van der Waals surface area contributed by atoms with Crippen LogP contribution in [-0.4, -0.2) is 11.1 Å². The zero-order chi connectivity index (χ0) is 13.5. The van der Waals surface area contributed by atoms with E-state index in [0.29, 0.717) is 5.56 Å². The Balaban J connectivity index is 0.000000184. The molecular formula is C15H17NO2. The Labute approximate surface area is 107 Å². The summed E-state index contributed by atoms with van der Waals surface area (Å²) in [6.45, 7) is 3.95. The second kappa shape index (κ2) is 6.45. The van der Waals surface area contributed by atoms with Crippen LogP contribution in [0.4, 0.5) is 5.69 Å². The molecule has 0 saturated heterocycles. The fraction of sp³-hybridized carbons (Fsp3) is 0.133. The Morgan fingerprint density at radius 3 is 2.00 bits per heavy atom. The second-order valence-electron chi connectivity index (χ2n) is 4.09. The van der Waals surface area contributed by atoms with E-state index in [1.54, 1.807) is 24.3 Å². The zero-order valence-corrected chi connectivity index (χ0v) is 10.6. The Kier molecular flexibility index (Phi) is 4.93. The third kappa shape index (κ3) is 4.70. The van der Waals surface area contributed by atoms with E-state index in [0.717, 1.165) is 11.3 Å². The number of benzene rings is 2. The largest absolute Gasteiger partial charge is 0.478 e. The van der Waals surface area contributed by atoms with Crippen LogP contribution in [0.3, 0.4) is 0 Å².